The number of hydrogen-bond acceptors (Lipinski definition) is 7. The molecule has 25 heavy (non-hydrogen) atoms. The van der Waals surface area contributed by atoms with Gasteiger partial charge in [-0.1, -0.05) is 17.8 Å². The van der Waals surface area contributed by atoms with Gasteiger partial charge in [0.05, 0.1) is 11.4 Å². The van der Waals surface area contributed by atoms with Gasteiger partial charge in [0, 0.05) is 28.7 Å². The normalized spacial score (nSPS) is 11.3. The molecule has 0 bridgehead atoms. The highest BCUT2D eigenvalue weighted by atomic mass is 32.2. The predicted molar refractivity (Wildman–Crippen MR) is 99.9 cm³/mol. The molecular weight excluding hydrogens is 352 g/mol. The van der Waals surface area contributed by atoms with Gasteiger partial charge in [-0.25, -0.2) is 14.5 Å². The number of fused-ring (bicyclic) bond motifs is 1. The molecule has 4 heterocycles. The topological polar surface area (TPSA) is 68.9 Å². The Morgan fingerprint density at radius 1 is 1.12 bits per heavy atom. The summed E-state index contributed by atoms with van der Waals surface area (Å²) < 4.78 is 1.81. The highest BCUT2D eigenvalue weighted by molar-refractivity contribution is 7.98. The third-order valence-electron chi connectivity index (χ3n) is 4.03. The van der Waals surface area contributed by atoms with Crippen LogP contribution in [0.25, 0.3) is 16.5 Å². The van der Waals surface area contributed by atoms with Crippen LogP contribution in [0, 0.1) is 20.8 Å². The van der Waals surface area contributed by atoms with Crippen LogP contribution in [0.2, 0.25) is 0 Å². The predicted octanol–water partition coefficient (Wildman–Crippen LogP) is 3.86. The molecule has 0 spiro atoms. The molecule has 0 aromatic carbocycles. The van der Waals surface area contributed by atoms with Gasteiger partial charge in [0.1, 0.15) is 5.01 Å². The summed E-state index contributed by atoms with van der Waals surface area (Å²) in [7, 11) is 0. The van der Waals surface area contributed by atoms with Crippen LogP contribution < -0.4 is 0 Å². The van der Waals surface area contributed by atoms with Crippen LogP contribution in [-0.2, 0) is 5.75 Å². The average molecular weight is 368 g/mol. The van der Waals surface area contributed by atoms with Crippen molar-refractivity contribution >= 4 is 28.9 Å². The van der Waals surface area contributed by atoms with Crippen LogP contribution in [0.4, 0.5) is 0 Å². The van der Waals surface area contributed by atoms with Crippen LogP contribution in [0.3, 0.4) is 0 Å². The Balaban J connectivity index is 1.53. The fraction of sp³-hybridized carbons (Fsp3) is 0.235. The highest BCUT2D eigenvalue weighted by Crippen LogP contribution is 2.26. The zero-order valence-corrected chi connectivity index (χ0v) is 15.7. The van der Waals surface area contributed by atoms with Crippen molar-refractivity contribution in [3.05, 3.63) is 52.4 Å². The van der Waals surface area contributed by atoms with Crippen LogP contribution in [0.15, 0.2) is 34.9 Å². The summed E-state index contributed by atoms with van der Waals surface area (Å²) in [5.74, 6) is 1.37. The Morgan fingerprint density at radius 2 is 2.00 bits per heavy atom. The molecule has 0 aliphatic heterocycles. The molecule has 0 aliphatic rings. The number of rotatable bonds is 4. The molecule has 8 heteroatoms. The fourth-order valence-electron chi connectivity index (χ4n) is 2.42. The van der Waals surface area contributed by atoms with E-state index in [2.05, 4.69) is 37.3 Å². The molecule has 4 aromatic heterocycles. The molecule has 0 N–H and O–H groups in total. The van der Waals surface area contributed by atoms with Crippen molar-refractivity contribution in [3.8, 4) is 10.7 Å². The van der Waals surface area contributed by atoms with Gasteiger partial charge in [-0.3, -0.25) is 4.98 Å². The monoisotopic (exact) mass is 368 g/mol. The number of aryl methyl sites for hydroxylation is 2. The first-order chi connectivity index (χ1) is 12.1. The second-order valence-electron chi connectivity index (χ2n) is 5.66. The number of thioether (sulfide) groups is 1. The van der Waals surface area contributed by atoms with E-state index in [4.69, 9.17) is 0 Å². The number of thiazole rings is 1. The van der Waals surface area contributed by atoms with Crippen molar-refractivity contribution in [2.24, 2.45) is 0 Å². The van der Waals surface area contributed by atoms with Gasteiger partial charge in [-0.15, -0.1) is 16.4 Å². The molecule has 0 fully saturated rings. The Hall–Kier alpha value is -2.32. The zero-order chi connectivity index (χ0) is 17.4. The van der Waals surface area contributed by atoms with E-state index in [1.54, 1.807) is 29.3 Å². The molecular formula is C17H16N6S2. The van der Waals surface area contributed by atoms with Gasteiger partial charge < -0.3 is 0 Å². The van der Waals surface area contributed by atoms with Gasteiger partial charge in [0.25, 0.3) is 5.78 Å². The van der Waals surface area contributed by atoms with Gasteiger partial charge in [-0.2, -0.15) is 4.98 Å². The van der Waals surface area contributed by atoms with Crippen molar-refractivity contribution in [3.63, 3.8) is 0 Å². The van der Waals surface area contributed by atoms with E-state index in [1.807, 2.05) is 36.6 Å². The van der Waals surface area contributed by atoms with E-state index in [-0.39, 0.29) is 0 Å². The summed E-state index contributed by atoms with van der Waals surface area (Å²) in [6, 6.07) is 5.85. The summed E-state index contributed by atoms with van der Waals surface area (Å²) in [6.07, 6.45) is 1.78. The summed E-state index contributed by atoms with van der Waals surface area (Å²) >= 11 is 3.17. The van der Waals surface area contributed by atoms with E-state index in [0.717, 1.165) is 39.1 Å². The maximum atomic E-state index is 4.65. The SMILES string of the molecule is Cc1nc2nc(SCc3csc(-c4ccccn4)n3)nn2c(C)c1C. The second-order valence-corrected chi connectivity index (χ2v) is 7.46. The molecule has 0 atom stereocenters. The molecule has 0 unspecified atom stereocenters. The Bertz CT molecular complexity index is 1040. The maximum Gasteiger partial charge on any atom is 0.253 e. The summed E-state index contributed by atoms with van der Waals surface area (Å²) in [5.41, 5.74) is 5.13. The van der Waals surface area contributed by atoms with Gasteiger partial charge >= 0.3 is 0 Å². The molecule has 4 rings (SSSR count). The van der Waals surface area contributed by atoms with E-state index in [1.165, 1.54) is 0 Å². The standard InChI is InChI=1S/C17H16N6S2/c1-10-11(2)19-16-21-17(22-23(16)12(10)3)25-9-13-8-24-15(20-13)14-6-4-5-7-18-14/h4-8H,9H2,1-3H3. The molecule has 0 radical (unpaired) electrons. The van der Waals surface area contributed by atoms with Crippen LogP contribution >= 0.6 is 23.1 Å². The minimum atomic E-state index is 0.649. The molecule has 0 saturated carbocycles. The van der Waals surface area contributed by atoms with E-state index in [0.29, 0.717) is 10.9 Å². The lowest BCUT2D eigenvalue weighted by Gasteiger charge is -2.04. The summed E-state index contributed by atoms with van der Waals surface area (Å²) in [4.78, 5) is 18.0. The molecule has 0 amide bonds. The molecule has 0 saturated heterocycles. The van der Waals surface area contributed by atoms with Gasteiger partial charge in [0.15, 0.2) is 0 Å². The minimum absolute atomic E-state index is 0.649. The van der Waals surface area contributed by atoms with Gasteiger partial charge in [0.2, 0.25) is 5.16 Å². The van der Waals surface area contributed by atoms with Crippen molar-refractivity contribution < 1.29 is 0 Å². The van der Waals surface area contributed by atoms with Crippen LogP contribution in [0.5, 0.6) is 0 Å². The van der Waals surface area contributed by atoms with Crippen LogP contribution in [-0.4, -0.2) is 29.5 Å². The van der Waals surface area contributed by atoms with Crippen molar-refractivity contribution in [1.82, 2.24) is 29.5 Å². The first-order valence-electron chi connectivity index (χ1n) is 7.81. The molecule has 4 aromatic rings. The number of nitrogens with zero attached hydrogens (tertiary/aromatic N) is 6. The minimum Gasteiger partial charge on any atom is -0.254 e. The lowest BCUT2D eigenvalue weighted by molar-refractivity contribution is 0.832. The van der Waals surface area contributed by atoms with Crippen LogP contribution in [0.1, 0.15) is 22.6 Å². The Labute approximate surface area is 153 Å². The molecule has 126 valence electrons. The quantitative estimate of drug-likeness (QED) is 0.510. The molecule has 0 aliphatic carbocycles. The first-order valence-corrected chi connectivity index (χ1v) is 9.67. The van der Waals surface area contributed by atoms with Gasteiger partial charge in [-0.05, 0) is 38.5 Å². The molecule has 6 nitrogen and oxygen atoms in total. The van der Waals surface area contributed by atoms with E-state index in [9.17, 15) is 0 Å². The number of pyridine rings is 1. The van der Waals surface area contributed by atoms with Crippen molar-refractivity contribution in [2.45, 2.75) is 31.7 Å². The Morgan fingerprint density at radius 3 is 2.80 bits per heavy atom. The largest absolute Gasteiger partial charge is 0.254 e. The average Bonchev–Trinajstić information content (AvgIpc) is 3.26. The fourth-order valence-corrected chi connectivity index (χ4v) is 4.03. The van der Waals surface area contributed by atoms with Crippen molar-refractivity contribution in [1.29, 1.82) is 0 Å². The summed E-state index contributed by atoms with van der Waals surface area (Å²) in [5, 5.41) is 8.27. The van der Waals surface area contributed by atoms with E-state index >= 15 is 0 Å². The van der Waals surface area contributed by atoms with Crippen molar-refractivity contribution in [2.75, 3.05) is 0 Å². The zero-order valence-electron chi connectivity index (χ0n) is 14.1. The Kier molecular flexibility index (Phi) is 4.22. The maximum absolute atomic E-state index is 4.65. The number of hydrogen-bond donors (Lipinski definition) is 0. The third kappa shape index (κ3) is 3.14. The lowest BCUT2D eigenvalue weighted by Crippen LogP contribution is -2.02. The first kappa shape index (κ1) is 16.2. The number of aromatic nitrogens is 6. The smallest absolute Gasteiger partial charge is 0.253 e. The second kappa shape index (κ2) is 6.53. The van der Waals surface area contributed by atoms with E-state index < -0.39 is 0 Å². The lowest BCUT2D eigenvalue weighted by atomic mass is 10.2. The summed E-state index contributed by atoms with van der Waals surface area (Å²) in [6.45, 7) is 6.10. The third-order valence-corrected chi connectivity index (χ3v) is 5.81. The highest BCUT2D eigenvalue weighted by Gasteiger charge is 2.12.